The van der Waals surface area contributed by atoms with Crippen molar-refractivity contribution in [2.45, 2.75) is 6.42 Å². The number of aliphatic imine (C=N–C) groups is 1. The van der Waals surface area contributed by atoms with E-state index < -0.39 is 0 Å². The molecule has 8 aromatic rings. The molecule has 63 heavy (non-hydrogen) atoms. The van der Waals surface area contributed by atoms with Gasteiger partial charge in [-0.3, -0.25) is 33.8 Å². The number of nitrogens with one attached hydrogen (secondary N) is 3. The summed E-state index contributed by atoms with van der Waals surface area (Å²) in [5.41, 5.74) is 11.8. The van der Waals surface area contributed by atoms with Crippen LogP contribution in [0.3, 0.4) is 0 Å². The van der Waals surface area contributed by atoms with Crippen molar-refractivity contribution in [2.24, 2.45) is 10.7 Å². The van der Waals surface area contributed by atoms with E-state index in [0.29, 0.717) is 32.4 Å². The molecule has 0 bridgehead atoms. The molecule has 0 radical (unpaired) electrons. The van der Waals surface area contributed by atoms with Gasteiger partial charge in [0.05, 0.1) is 38.4 Å². The molecule has 6 heterocycles. The Labute approximate surface area is 397 Å². The molecule has 5 aromatic heterocycles. The maximum absolute atomic E-state index is 12.6. The van der Waals surface area contributed by atoms with Crippen LogP contribution in [0.4, 0.5) is 0 Å². The number of para-hydroxylation sites is 3. The Bertz CT molecular complexity index is 3070. The van der Waals surface area contributed by atoms with Crippen LogP contribution in [0.25, 0.3) is 38.4 Å². The first kappa shape index (κ1) is 46.8. The standard InChI is InChI=1S/C16H11N3OS.C14H9BrN2O2S.C10H8N2OS.C4H4Br2O2/c20-15(11-8-18-12-5-2-1-4-10(11)12)16-19-14(9-21-16)13-6-3-7-17-13;15-5-12(18)11-7-20-14(17-11)13(19)9-6-16-10-4-2-1-3-8(9)10;11-10(14)9(13)7-5-12-8-4-2-1-3-6(7)8;5-1-3(7)4(8)2-6/h1-2,4-9,18H,3H2;1-4,6-7,16H,5H2;1-5,12H,(H2,11,14);1-2H2. The number of nitrogens with zero attached hydrogens (tertiary/aromatic N) is 3. The normalized spacial score (nSPS) is 11.4. The van der Waals surface area contributed by atoms with E-state index in [2.05, 4.69) is 89.9 Å². The molecule has 0 spiro atoms. The summed E-state index contributed by atoms with van der Waals surface area (Å²) in [6.07, 6.45) is 9.75. The number of halogens is 3. The van der Waals surface area contributed by atoms with Gasteiger partial charge in [0.1, 0.15) is 16.4 Å². The van der Waals surface area contributed by atoms with E-state index in [4.69, 9.17) is 5.73 Å². The fraction of sp³-hybridized carbons (Fsp3) is 0.0909. The number of fused-ring (bicyclic) bond motifs is 3. The minimum Gasteiger partial charge on any atom is -0.387 e. The SMILES string of the molecule is NC(=S)C(=O)c1c[nH]c2ccccc12.O=C(CBr)C(=O)CBr.O=C(CBr)c1csc(C(=O)c2c[nH]c3ccccc23)n1.O=C(c1nc(C2=CCC=N2)cs1)c1c[nH]c2ccccc12. The van der Waals surface area contributed by atoms with Crippen molar-refractivity contribution in [3.05, 3.63) is 146 Å². The lowest BCUT2D eigenvalue weighted by Gasteiger charge is -1.95. The lowest BCUT2D eigenvalue weighted by atomic mass is 10.1. The number of aromatic amines is 3. The van der Waals surface area contributed by atoms with Crippen molar-refractivity contribution in [3.8, 4) is 0 Å². The van der Waals surface area contributed by atoms with Gasteiger partial charge in [0, 0.05) is 74.7 Å². The third-order valence-corrected chi connectivity index (χ3v) is 12.4. The first-order valence-corrected chi connectivity index (χ1v) is 24.0. The van der Waals surface area contributed by atoms with Crippen LogP contribution in [-0.2, 0) is 9.59 Å². The number of thiocarbonyl (C=S) groups is 1. The quantitative estimate of drug-likeness (QED) is 0.0393. The zero-order valence-corrected chi connectivity index (χ0v) is 39.7. The molecule has 13 nitrogen and oxygen atoms in total. The summed E-state index contributed by atoms with van der Waals surface area (Å²) < 4.78 is 0. The zero-order chi connectivity index (χ0) is 45.0. The number of thiazole rings is 2. The summed E-state index contributed by atoms with van der Waals surface area (Å²) in [6, 6.07) is 22.9. The Kier molecular flexibility index (Phi) is 16.4. The Morgan fingerprint density at radius 1 is 0.635 bits per heavy atom. The summed E-state index contributed by atoms with van der Waals surface area (Å²) in [7, 11) is 0. The predicted octanol–water partition coefficient (Wildman–Crippen LogP) is 9.65. The molecule has 0 atom stereocenters. The van der Waals surface area contributed by atoms with E-state index in [9.17, 15) is 28.8 Å². The van der Waals surface area contributed by atoms with Crippen LogP contribution in [0, 0.1) is 0 Å². The average molecular weight is 1090 g/mol. The van der Waals surface area contributed by atoms with E-state index in [-0.39, 0.29) is 55.7 Å². The molecular weight excluding hydrogens is 1060 g/mol. The van der Waals surface area contributed by atoms with Crippen molar-refractivity contribution >= 4 is 167 Å². The van der Waals surface area contributed by atoms with E-state index >= 15 is 0 Å². The summed E-state index contributed by atoms with van der Waals surface area (Å²) in [4.78, 5) is 90.6. The second-order valence-electron chi connectivity index (χ2n) is 13.0. The zero-order valence-electron chi connectivity index (χ0n) is 32.5. The summed E-state index contributed by atoms with van der Waals surface area (Å²) >= 11 is 16.0. The van der Waals surface area contributed by atoms with Gasteiger partial charge in [-0.1, -0.05) is 121 Å². The minimum absolute atomic E-state index is 0.0497. The summed E-state index contributed by atoms with van der Waals surface area (Å²) in [5, 5.41) is 7.43. The molecule has 3 aromatic carbocycles. The van der Waals surface area contributed by atoms with Crippen molar-refractivity contribution in [1.82, 2.24) is 24.9 Å². The van der Waals surface area contributed by atoms with E-state index in [1.165, 1.54) is 22.7 Å². The molecular formula is C44H32Br3N7O6S3. The van der Waals surface area contributed by atoms with Gasteiger partial charge in [0.2, 0.25) is 28.9 Å². The fourth-order valence-electron chi connectivity index (χ4n) is 5.90. The second kappa shape index (κ2) is 22.1. The average Bonchev–Trinajstić information content (AvgIpc) is 4.18. The van der Waals surface area contributed by atoms with Crippen LogP contribution in [0.5, 0.6) is 0 Å². The Morgan fingerprint density at radius 3 is 1.56 bits per heavy atom. The van der Waals surface area contributed by atoms with Gasteiger partial charge in [0.15, 0.2) is 15.8 Å². The first-order valence-electron chi connectivity index (χ1n) is 18.5. The van der Waals surface area contributed by atoms with E-state index in [1.807, 2.05) is 90.5 Å². The van der Waals surface area contributed by atoms with Gasteiger partial charge >= 0.3 is 0 Å². The molecule has 0 saturated heterocycles. The number of hydrogen-bond acceptors (Lipinski definition) is 12. The highest BCUT2D eigenvalue weighted by molar-refractivity contribution is 9.10. The van der Waals surface area contributed by atoms with E-state index in [0.717, 1.165) is 50.5 Å². The smallest absolute Gasteiger partial charge is 0.223 e. The third-order valence-electron chi connectivity index (χ3n) is 8.99. The number of ketones is 6. The number of allylic oxidation sites excluding steroid dienone is 1. The van der Waals surface area contributed by atoms with Crippen molar-refractivity contribution in [2.75, 3.05) is 16.0 Å². The maximum Gasteiger partial charge on any atom is 0.223 e. The molecule has 0 amide bonds. The third kappa shape index (κ3) is 11.3. The number of benzene rings is 3. The summed E-state index contributed by atoms with van der Waals surface area (Å²) in [5.74, 6) is -1.41. The molecule has 1 aliphatic heterocycles. The van der Waals surface area contributed by atoms with E-state index in [1.54, 1.807) is 24.0 Å². The number of hydrogen-bond donors (Lipinski definition) is 4. The lowest BCUT2D eigenvalue weighted by molar-refractivity contribution is -0.133. The molecule has 5 N–H and O–H groups in total. The minimum atomic E-state index is -0.387. The highest BCUT2D eigenvalue weighted by Gasteiger charge is 2.21. The van der Waals surface area contributed by atoms with Gasteiger partial charge in [0.25, 0.3) is 0 Å². The molecule has 0 fully saturated rings. The van der Waals surface area contributed by atoms with Gasteiger partial charge < -0.3 is 20.7 Å². The van der Waals surface area contributed by atoms with Gasteiger partial charge in [-0.05, 0) is 18.2 Å². The number of aromatic nitrogens is 5. The number of nitrogens with two attached hydrogens (primary N) is 1. The molecule has 0 aliphatic carbocycles. The number of H-pyrrole nitrogens is 3. The topological polar surface area (TPSA) is 214 Å². The van der Waals surface area contributed by atoms with Crippen LogP contribution >= 0.6 is 82.7 Å². The molecule has 318 valence electrons. The van der Waals surface area contributed by atoms with Gasteiger partial charge in [-0.2, -0.15) is 0 Å². The predicted molar refractivity (Wildman–Crippen MR) is 264 cm³/mol. The van der Waals surface area contributed by atoms with Crippen LogP contribution in [-0.4, -0.2) is 86.8 Å². The number of carbonyl (C=O) groups is 6. The van der Waals surface area contributed by atoms with Crippen LogP contribution in [0.1, 0.15) is 63.7 Å². The highest BCUT2D eigenvalue weighted by Crippen LogP contribution is 2.27. The largest absolute Gasteiger partial charge is 0.387 e. The number of carbonyl (C=O) groups excluding carboxylic acids is 6. The highest BCUT2D eigenvalue weighted by atomic mass is 79.9. The van der Waals surface area contributed by atoms with Gasteiger partial charge in [-0.15, -0.1) is 22.7 Å². The van der Waals surface area contributed by atoms with Crippen LogP contribution in [0.2, 0.25) is 0 Å². The second-order valence-corrected chi connectivity index (χ2v) is 16.8. The Hall–Kier alpha value is -5.70. The maximum atomic E-state index is 12.6. The molecule has 9 rings (SSSR count). The Balaban J connectivity index is 0.000000147. The molecule has 19 heteroatoms. The Morgan fingerprint density at radius 2 is 1.10 bits per heavy atom. The molecule has 1 aliphatic rings. The van der Waals surface area contributed by atoms with Crippen molar-refractivity contribution < 1.29 is 28.8 Å². The first-order chi connectivity index (χ1) is 30.4. The molecule has 0 saturated carbocycles. The van der Waals surface area contributed by atoms with Crippen molar-refractivity contribution in [1.29, 1.82) is 0 Å². The van der Waals surface area contributed by atoms with Crippen molar-refractivity contribution in [3.63, 3.8) is 0 Å². The molecule has 0 unspecified atom stereocenters. The lowest BCUT2D eigenvalue weighted by Crippen LogP contribution is -2.20. The number of rotatable bonds is 12. The van der Waals surface area contributed by atoms with Gasteiger partial charge in [-0.25, -0.2) is 9.97 Å². The fourth-order valence-corrected chi connectivity index (χ4v) is 8.46. The monoisotopic (exact) mass is 1090 g/mol. The number of Topliss-reactive ketones (excluding diaryl/α,β-unsaturated/α-hetero) is 4. The summed E-state index contributed by atoms with van der Waals surface area (Å²) in [6.45, 7) is 0. The van der Waals surface area contributed by atoms with Crippen LogP contribution < -0.4 is 5.73 Å². The number of alkyl halides is 3. The van der Waals surface area contributed by atoms with Crippen LogP contribution in [0.15, 0.2) is 113 Å².